The molecule has 2 N–H and O–H groups in total. The topological polar surface area (TPSA) is 83.6 Å². The van der Waals surface area contributed by atoms with Gasteiger partial charge in [-0.05, 0) is 25.0 Å². The summed E-state index contributed by atoms with van der Waals surface area (Å²) >= 11 is 1.46. The van der Waals surface area contributed by atoms with Crippen LogP contribution in [0, 0.1) is 0 Å². The SMILES string of the molecule is O=C(NCC(F)(F)F)C1CCCN1C(=O)Nc1cccc(OCc2cscn2)c1. The van der Waals surface area contributed by atoms with Crippen LogP contribution < -0.4 is 15.4 Å². The van der Waals surface area contributed by atoms with Gasteiger partial charge in [0.05, 0.1) is 11.2 Å². The van der Waals surface area contributed by atoms with Gasteiger partial charge in [0.25, 0.3) is 0 Å². The van der Waals surface area contributed by atoms with Gasteiger partial charge in [-0.25, -0.2) is 9.78 Å². The predicted octanol–water partition coefficient (Wildman–Crippen LogP) is 3.40. The monoisotopic (exact) mass is 428 g/mol. The van der Waals surface area contributed by atoms with Gasteiger partial charge >= 0.3 is 12.2 Å². The molecule has 1 fully saturated rings. The number of nitrogens with one attached hydrogen (secondary N) is 2. The number of ether oxygens (including phenoxy) is 1. The zero-order chi connectivity index (χ0) is 20.9. The molecule has 1 atom stereocenters. The third-order valence-electron chi connectivity index (χ3n) is 4.23. The third-order valence-corrected chi connectivity index (χ3v) is 4.87. The van der Waals surface area contributed by atoms with E-state index in [9.17, 15) is 22.8 Å². The fourth-order valence-electron chi connectivity index (χ4n) is 2.91. The minimum atomic E-state index is -4.50. The molecule has 29 heavy (non-hydrogen) atoms. The van der Waals surface area contributed by atoms with Crippen molar-refractivity contribution in [1.29, 1.82) is 0 Å². The maximum absolute atomic E-state index is 12.5. The van der Waals surface area contributed by atoms with Gasteiger partial charge < -0.3 is 20.3 Å². The van der Waals surface area contributed by atoms with Crippen LogP contribution in [0.3, 0.4) is 0 Å². The number of alkyl halides is 3. The number of hydrogen-bond acceptors (Lipinski definition) is 5. The normalized spacial score (nSPS) is 16.5. The maximum Gasteiger partial charge on any atom is 0.405 e. The Morgan fingerprint density at radius 2 is 2.17 bits per heavy atom. The highest BCUT2D eigenvalue weighted by Gasteiger charge is 2.36. The Kier molecular flexibility index (Phi) is 6.57. The van der Waals surface area contributed by atoms with Crippen molar-refractivity contribution in [3.63, 3.8) is 0 Å². The van der Waals surface area contributed by atoms with Crippen LogP contribution in [0.1, 0.15) is 18.5 Å². The zero-order valence-electron chi connectivity index (χ0n) is 15.2. The van der Waals surface area contributed by atoms with Crippen LogP contribution >= 0.6 is 11.3 Å². The molecule has 7 nitrogen and oxygen atoms in total. The molecule has 1 aromatic carbocycles. The van der Waals surface area contributed by atoms with Crippen LogP contribution in [0.5, 0.6) is 5.75 Å². The lowest BCUT2D eigenvalue weighted by molar-refractivity contribution is -0.140. The van der Waals surface area contributed by atoms with Crippen molar-refractivity contribution in [2.75, 3.05) is 18.4 Å². The van der Waals surface area contributed by atoms with Gasteiger partial charge in [-0.2, -0.15) is 13.2 Å². The van der Waals surface area contributed by atoms with Crippen molar-refractivity contribution in [1.82, 2.24) is 15.2 Å². The molecule has 0 bridgehead atoms. The quantitative estimate of drug-likeness (QED) is 0.739. The summed E-state index contributed by atoms with van der Waals surface area (Å²) in [6, 6.07) is 5.23. The molecule has 156 valence electrons. The number of hydrogen-bond donors (Lipinski definition) is 2. The van der Waals surface area contributed by atoms with Crippen molar-refractivity contribution in [2.24, 2.45) is 0 Å². The van der Waals surface area contributed by atoms with E-state index in [0.717, 1.165) is 5.69 Å². The number of aromatic nitrogens is 1. The molecule has 1 unspecified atom stereocenters. The second kappa shape index (κ2) is 9.12. The van der Waals surface area contributed by atoms with E-state index >= 15 is 0 Å². The molecule has 0 aliphatic carbocycles. The Hall–Kier alpha value is -2.82. The van der Waals surface area contributed by atoms with Gasteiger partial charge in [-0.3, -0.25) is 4.79 Å². The van der Waals surface area contributed by atoms with Gasteiger partial charge in [-0.1, -0.05) is 6.07 Å². The highest BCUT2D eigenvalue weighted by Crippen LogP contribution is 2.22. The number of likely N-dealkylation sites (tertiary alicyclic amines) is 1. The summed E-state index contributed by atoms with van der Waals surface area (Å²) in [5.74, 6) is -0.285. The summed E-state index contributed by atoms with van der Waals surface area (Å²) in [5, 5.41) is 6.37. The van der Waals surface area contributed by atoms with E-state index in [1.165, 1.54) is 16.2 Å². The average Bonchev–Trinajstić information content (AvgIpc) is 3.36. The van der Waals surface area contributed by atoms with Crippen molar-refractivity contribution in [2.45, 2.75) is 31.7 Å². The minimum Gasteiger partial charge on any atom is -0.487 e. The molecule has 0 saturated carbocycles. The van der Waals surface area contributed by atoms with Crippen molar-refractivity contribution in [3.8, 4) is 5.75 Å². The molecule has 1 aliphatic heterocycles. The largest absolute Gasteiger partial charge is 0.487 e. The van der Waals surface area contributed by atoms with E-state index in [1.807, 2.05) is 10.7 Å². The van der Waals surface area contributed by atoms with E-state index in [-0.39, 0.29) is 13.2 Å². The average molecular weight is 428 g/mol. The molecule has 2 heterocycles. The molecule has 3 amide bonds. The van der Waals surface area contributed by atoms with E-state index in [4.69, 9.17) is 4.74 Å². The Morgan fingerprint density at radius 1 is 1.34 bits per heavy atom. The molecule has 1 saturated heterocycles. The highest BCUT2D eigenvalue weighted by molar-refractivity contribution is 7.07. The molecule has 0 spiro atoms. The van der Waals surface area contributed by atoms with E-state index in [0.29, 0.717) is 24.3 Å². The van der Waals surface area contributed by atoms with Crippen molar-refractivity contribution >= 4 is 29.0 Å². The summed E-state index contributed by atoms with van der Waals surface area (Å²) < 4.78 is 42.6. The molecule has 1 aromatic heterocycles. The molecule has 11 heteroatoms. The number of carbonyl (C=O) groups excluding carboxylic acids is 2. The lowest BCUT2D eigenvalue weighted by atomic mass is 10.2. The summed E-state index contributed by atoms with van der Waals surface area (Å²) in [5.41, 5.74) is 2.94. The van der Waals surface area contributed by atoms with Crippen LogP contribution in [0.25, 0.3) is 0 Å². The van der Waals surface area contributed by atoms with Crippen LogP contribution in [-0.2, 0) is 11.4 Å². The Bertz CT molecular complexity index is 845. The summed E-state index contributed by atoms with van der Waals surface area (Å²) in [7, 11) is 0. The van der Waals surface area contributed by atoms with E-state index < -0.39 is 30.7 Å². The van der Waals surface area contributed by atoms with Gasteiger partial charge in [0.1, 0.15) is 24.9 Å². The molecule has 1 aliphatic rings. The van der Waals surface area contributed by atoms with Crippen molar-refractivity contribution in [3.05, 3.63) is 40.8 Å². The lowest BCUT2D eigenvalue weighted by Gasteiger charge is -2.24. The zero-order valence-corrected chi connectivity index (χ0v) is 16.1. The molecular formula is C18H19F3N4O3S. The Labute approximate surface area is 168 Å². The van der Waals surface area contributed by atoms with Gasteiger partial charge in [0, 0.05) is 23.7 Å². The summed E-state index contributed by atoms with van der Waals surface area (Å²) in [4.78, 5) is 30.0. The van der Waals surface area contributed by atoms with E-state index in [1.54, 1.807) is 29.8 Å². The number of halogens is 3. The maximum atomic E-state index is 12.5. The first-order valence-corrected chi connectivity index (χ1v) is 9.78. The number of carbonyl (C=O) groups is 2. The summed E-state index contributed by atoms with van der Waals surface area (Å²) in [6.45, 7) is -0.847. The van der Waals surface area contributed by atoms with Gasteiger partial charge in [-0.15, -0.1) is 11.3 Å². The van der Waals surface area contributed by atoms with Gasteiger partial charge in [0.2, 0.25) is 5.91 Å². The first-order valence-electron chi connectivity index (χ1n) is 8.84. The second-order valence-corrected chi connectivity index (χ2v) is 7.13. The van der Waals surface area contributed by atoms with Crippen LogP contribution in [-0.4, -0.2) is 47.1 Å². The number of nitrogens with zero attached hydrogens (tertiary/aromatic N) is 2. The van der Waals surface area contributed by atoms with Crippen molar-refractivity contribution < 1.29 is 27.5 Å². The van der Waals surface area contributed by atoms with Crippen LogP contribution in [0.2, 0.25) is 0 Å². The van der Waals surface area contributed by atoms with E-state index in [2.05, 4.69) is 10.3 Å². The number of benzene rings is 1. The number of thiazole rings is 1. The Morgan fingerprint density at radius 3 is 2.90 bits per heavy atom. The summed E-state index contributed by atoms with van der Waals surface area (Å²) in [6.07, 6.45) is -3.65. The predicted molar refractivity (Wildman–Crippen MR) is 101 cm³/mol. The number of rotatable bonds is 6. The van der Waals surface area contributed by atoms with Crippen LogP contribution in [0.4, 0.5) is 23.7 Å². The first-order chi connectivity index (χ1) is 13.8. The fourth-order valence-corrected chi connectivity index (χ4v) is 3.46. The smallest absolute Gasteiger partial charge is 0.405 e. The first kappa shape index (κ1) is 20.9. The number of urea groups is 1. The third kappa shape index (κ3) is 6.08. The molecular weight excluding hydrogens is 409 g/mol. The lowest BCUT2D eigenvalue weighted by Crippen LogP contribution is -2.49. The highest BCUT2D eigenvalue weighted by atomic mass is 32.1. The molecule has 3 rings (SSSR count). The number of anilines is 1. The van der Waals surface area contributed by atoms with Crippen LogP contribution in [0.15, 0.2) is 35.2 Å². The number of amides is 3. The standard InChI is InChI=1S/C18H19F3N4O3S/c19-18(20,21)10-22-16(26)15-5-2-6-25(15)17(27)24-12-3-1-4-14(7-12)28-8-13-9-29-11-23-13/h1,3-4,7,9,11,15H,2,5-6,8,10H2,(H,22,26)(H,24,27). The van der Waals surface area contributed by atoms with Gasteiger partial charge in [0.15, 0.2) is 0 Å². The fraction of sp³-hybridized carbons (Fsp3) is 0.389. The Balaban J connectivity index is 1.57. The molecule has 0 radical (unpaired) electrons. The second-order valence-electron chi connectivity index (χ2n) is 6.41. The molecule has 2 aromatic rings. The minimum absolute atomic E-state index is 0.286.